The molecule has 0 saturated carbocycles. The SMILES string of the molecule is CC[C@@](Cl)(C(=O)OC1=C(Cl)CCCC1(Cl)Cl)c1cccc(C)c1. The number of allylic oxidation sites excluding steroid dienone is 2. The van der Waals surface area contributed by atoms with Crippen LogP contribution in [-0.4, -0.2) is 10.3 Å². The number of alkyl halides is 3. The quantitative estimate of drug-likeness (QED) is 0.448. The van der Waals surface area contributed by atoms with E-state index in [0.29, 0.717) is 29.9 Å². The zero-order chi connectivity index (χ0) is 17.3. The minimum atomic E-state index is -1.31. The van der Waals surface area contributed by atoms with Gasteiger partial charge in [-0.05, 0) is 38.2 Å². The molecule has 0 fully saturated rings. The monoisotopic (exact) mass is 394 g/mol. The van der Waals surface area contributed by atoms with Gasteiger partial charge in [0.2, 0.25) is 0 Å². The summed E-state index contributed by atoms with van der Waals surface area (Å²) in [6.07, 6.45) is 2.15. The summed E-state index contributed by atoms with van der Waals surface area (Å²) in [5.41, 5.74) is 1.68. The molecule has 126 valence electrons. The second-order valence-electron chi connectivity index (χ2n) is 5.71. The summed E-state index contributed by atoms with van der Waals surface area (Å²) in [6, 6.07) is 7.45. The van der Waals surface area contributed by atoms with Gasteiger partial charge in [-0.15, -0.1) is 11.6 Å². The number of rotatable bonds is 4. The second-order valence-corrected chi connectivity index (χ2v) is 8.29. The van der Waals surface area contributed by atoms with E-state index in [1.807, 2.05) is 32.0 Å². The Kier molecular flexibility index (Phi) is 5.94. The average molecular weight is 396 g/mol. The van der Waals surface area contributed by atoms with Crippen molar-refractivity contribution in [2.75, 3.05) is 0 Å². The molecule has 1 aliphatic rings. The highest BCUT2D eigenvalue weighted by molar-refractivity contribution is 6.51. The molecule has 1 aromatic carbocycles. The van der Waals surface area contributed by atoms with Crippen LogP contribution in [0.2, 0.25) is 0 Å². The molecule has 1 aromatic rings. The first-order valence-corrected chi connectivity index (χ1v) is 8.97. The lowest BCUT2D eigenvalue weighted by atomic mass is 9.94. The summed E-state index contributed by atoms with van der Waals surface area (Å²) in [6.45, 7) is 3.76. The van der Waals surface area contributed by atoms with E-state index in [4.69, 9.17) is 51.1 Å². The molecule has 1 atom stereocenters. The molecular formula is C17H18Cl4O2. The Bertz CT molecular complexity index is 639. The van der Waals surface area contributed by atoms with Gasteiger partial charge in [-0.3, -0.25) is 0 Å². The van der Waals surface area contributed by atoms with Gasteiger partial charge in [0.1, 0.15) is 0 Å². The molecule has 1 aliphatic carbocycles. The number of benzene rings is 1. The summed E-state index contributed by atoms with van der Waals surface area (Å²) in [4.78, 5) is 11.4. The largest absolute Gasteiger partial charge is 0.425 e. The molecule has 0 spiro atoms. The van der Waals surface area contributed by atoms with Crippen LogP contribution in [0.25, 0.3) is 0 Å². The van der Waals surface area contributed by atoms with E-state index in [-0.39, 0.29) is 5.76 Å². The second kappa shape index (κ2) is 7.23. The van der Waals surface area contributed by atoms with Crippen molar-refractivity contribution in [1.82, 2.24) is 0 Å². The Hall–Kier alpha value is -0.410. The minimum absolute atomic E-state index is 0.102. The van der Waals surface area contributed by atoms with Crippen molar-refractivity contribution in [3.63, 3.8) is 0 Å². The molecule has 0 unspecified atom stereocenters. The minimum Gasteiger partial charge on any atom is -0.425 e. The van der Waals surface area contributed by atoms with Gasteiger partial charge in [0.25, 0.3) is 0 Å². The van der Waals surface area contributed by atoms with E-state index in [9.17, 15) is 4.79 Å². The van der Waals surface area contributed by atoms with Gasteiger partial charge in [-0.25, -0.2) is 4.79 Å². The molecule has 0 amide bonds. The number of hydrogen-bond acceptors (Lipinski definition) is 2. The maximum absolute atomic E-state index is 12.7. The number of ether oxygens (including phenoxy) is 1. The van der Waals surface area contributed by atoms with Crippen molar-refractivity contribution < 1.29 is 9.53 Å². The fraction of sp³-hybridized carbons (Fsp3) is 0.471. The highest BCUT2D eigenvalue weighted by Crippen LogP contribution is 2.45. The van der Waals surface area contributed by atoms with Gasteiger partial charge < -0.3 is 4.74 Å². The highest BCUT2D eigenvalue weighted by atomic mass is 35.5. The standard InChI is InChI=1S/C17H18Cl4O2/c1-3-16(19,12-7-4-6-11(2)10-12)15(22)23-14-13(18)8-5-9-17(14,20)21/h4,6-7,10H,3,5,8-9H2,1-2H3/t16-/m0/s1. The Morgan fingerprint density at radius 2 is 2.09 bits per heavy atom. The van der Waals surface area contributed by atoms with Gasteiger partial charge in [0, 0.05) is 0 Å². The molecule has 0 saturated heterocycles. The van der Waals surface area contributed by atoms with E-state index < -0.39 is 15.2 Å². The van der Waals surface area contributed by atoms with Crippen LogP contribution in [0.5, 0.6) is 0 Å². The summed E-state index contributed by atoms with van der Waals surface area (Å²) in [5, 5.41) is 0.369. The number of hydrogen-bond donors (Lipinski definition) is 0. The fourth-order valence-corrected chi connectivity index (χ4v) is 3.71. The molecule has 2 rings (SSSR count). The van der Waals surface area contributed by atoms with E-state index in [1.54, 1.807) is 6.07 Å². The van der Waals surface area contributed by atoms with Crippen LogP contribution in [0.4, 0.5) is 0 Å². The molecule has 0 aliphatic heterocycles. The lowest BCUT2D eigenvalue weighted by molar-refractivity contribution is -0.143. The molecule has 23 heavy (non-hydrogen) atoms. The lowest BCUT2D eigenvalue weighted by Gasteiger charge is -2.31. The molecule has 0 N–H and O–H groups in total. The van der Waals surface area contributed by atoms with Crippen molar-refractivity contribution >= 4 is 52.4 Å². The maximum Gasteiger partial charge on any atom is 0.337 e. The molecule has 0 radical (unpaired) electrons. The number of carbonyl (C=O) groups is 1. The average Bonchev–Trinajstić information content (AvgIpc) is 2.49. The summed E-state index contributed by atoms with van der Waals surface area (Å²) in [7, 11) is 0. The number of esters is 1. The predicted octanol–water partition coefficient (Wildman–Crippen LogP) is 6.19. The smallest absolute Gasteiger partial charge is 0.337 e. The Balaban J connectivity index is 2.34. The van der Waals surface area contributed by atoms with Crippen LogP contribution in [-0.2, 0) is 14.4 Å². The molecule has 0 bridgehead atoms. The van der Waals surface area contributed by atoms with E-state index in [2.05, 4.69) is 0 Å². The molecule has 6 heteroatoms. The van der Waals surface area contributed by atoms with Gasteiger partial charge in [-0.2, -0.15) is 0 Å². The molecule has 0 heterocycles. The van der Waals surface area contributed by atoms with Crippen LogP contribution in [0.1, 0.15) is 43.7 Å². The van der Waals surface area contributed by atoms with Crippen LogP contribution in [0.3, 0.4) is 0 Å². The maximum atomic E-state index is 12.7. The Morgan fingerprint density at radius 1 is 1.39 bits per heavy atom. The number of halogens is 4. The third-order valence-electron chi connectivity index (χ3n) is 3.95. The van der Waals surface area contributed by atoms with Crippen molar-refractivity contribution in [3.05, 3.63) is 46.2 Å². The molecule has 0 aromatic heterocycles. The van der Waals surface area contributed by atoms with Crippen LogP contribution < -0.4 is 0 Å². The Labute approximate surface area is 156 Å². The van der Waals surface area contributed by atoms with Gasteiger partial charge in [0.05, 0.1) is 5.03 Å². The lowest BCUT2D eigenvalue weighted by Crippen LogP contribution is -2.34. The zero-order valence-corrected chi connectivity index (χ0v) is 16.0. The first-order valence-electron chi connectivity index (χ1n) is 7.46. The first-order chi connectivity index (χ1) is 10.7. The first kappa shape index (κ1) is 18.9. The Morgan fingerprint density at radius 3 is 2.65 bits per heavy atom. The predicted molar refractivity (Wildman–Crippen MR) is 96.3 cm³/mol. The molecule has 2 nitrogen and oxygen atoms in total. The van der Waals surface area contributed by atoms with Crippen molar-refractivity contribution in [2.45, 2.75) is 48.7 Å². The van der Waals surface area contributed by atoms with Gasteiger partial charge >= 0.3 is 5.97 Å². The van der Waals surface area contributed by atoms with Crippen molar-refractivity contribution in [2.24, 2.45) is 0 Å². The zero-order valence-electron chi connectivity index (χ0n) is 13.0. The van der Waals surface area contributed by atoms with E-state index >= 15 is 0 Å². The van der Waals surface area contributed by atoms with Crippen LogP contribution in [0.15, 0.2) is 35.1 Å². The van der Waals surface area contributed by atoms with Crippen molar-refractivity contribution in [1.29, 1.82) is 0 Å². The number of aryl methyl sites for hydroxylation is 1. The van der Waals surface area contributed by atoms with Gasteiger partial charge in [0.15, 0.2) is 15.0 Å². The van der Waals surface area contributed by atoms with Crippen LogP contribution in [0, 0.1) is 6.92 Å². The summed E-state index contributed by atoms with van der Waals surface area (Å²) < 4.78 is 4.18. The number of carbonyl (C=O) groups excluding carboxylic acids is 1. The topological polar surface area (TPSA) is 26.3 Å². The van der Waals surface area contributed by atoms with Gasteiger partial charge in [-0.1, -0.05) is 71.6 Å². The summed E-state index contributed by atoms with van der Waals surface area (Å²) >= 11 is 25.3. The third-order valence-corrected chi connectivity index (χ3v) is 5.67. The van der Waals surface area contributed by atoms with E-state index in [1.165, 1.54) is 0 Å². The summed E-state index contributed by atoms with van der Waals surface area (Å²) in [5.74, 6) is -0.516. The molecular weight excluding hydrogens is 378 g/mol. The van der Waals surface area contributed by atoms with Crippen molar-refractivity contribution in [3.8, 4) is 0 Å². The highest BCUT2D eigenvalue weighted by Gasteiger charge is 2.44. The van der Waals surface area contributed by atoms with E-state index in [0.717, 1.165) is 12.0 Å². The normalized spacial score (nSPS) is 20.1. The third kappa shape index (κ3) is 3.99. The van der Waals surface area contributed by atoms with Crippen LogP contribution >= 0.6 is 46.4 Å². The fourth-order valence-electron chi connectivity index (χ4n) is 2.55.